The second kappa shape index (κ2) is 9.40. The molecule has 5 rings (SSSR count). The van der Waals surface area contributed by atoms with E-state index in [0.717, 1.165) is 73.3 Å². The molecule has 1 saturated carbocycles. The fourth-order valence-corrected chi connectivity index (χ4v) is 4.60. The van der Waals surface area contributed by atoms with Crippen molar-refractivity contribution < 1.29 is 4.79 Å². The van der Waals surface area contributed by atoms with Crippen molar-refractivity contribution in [2.24, 2.45) is 0 Å². The first-order valence-electron chi connectivity index (χ1n) is 11.2. The van der Waals surface area contributed by atoms with E-state index in [1.807, 2.05) is 48.2 Å². The summed E-state index contributed by atoms with van der Waals surface area (Å²) in [6.45, 7) is 5.83. The normalized spacial score (nSPS) is 16.6. The van der Waals surface area contributed by atoms with Crippen molar-refractivity contribution in [3.63, 3.8) is 0 Å². The predicted octanol–water partition coefficient (Wildman–Crippen LogP) is 3.28. The smallest absolute Gasteiger partial charge is 0.214 e. The lowest BCUT2D eigenvalue weighted by Gasteiger charge is -2.33. The van der Waals surface area contributed by atoms with Crippen molar-refractivity contribution in [2.75, 3.05) is 48.3 Å². The van der Waals surface area contributed by atoms with Crippen LogP contribution in [0.1, 0.15) is 18.5 Å². The summed E-state index contributed by atoms with van der Waals surface area (Å²) < 4.78 is 0. The molecular formula is C23H28N8OS. The Kier molecular flexibility index (Phi) is 6.19. The number of rotatable bonds is 8. The number of likely N-dealkylation sites (N-methyl/N-ethyl adjacent to an activating group) is 1. The second-order valence-corrected chi connectivity index (χ2v) is 9.63. The van der Waals surface area contributed by atoms with E-state index in [9.17, 15) is 4.79 Å². The van der Waals surface area contributed by atoms with Crippen molar-refractivity contribution in [3.8, 4) is 0 Å². The monoisotopic (exact) mass is 464 g/mol. The third-order valence-electron chi connectivity index (χ3n) is 5.88. The van der Waals surface area contributed by atoms with Crippen LogP contribution in [0.3, 0.4) is 0 Å². The molecule has 3 aromatic rings. The van der Waals surface area contributed by atoms with Gasteiger partial charge in [0.25, 0.3) is 0 Å². The lowest BCUT2D eigenvalue weighted by atomic mass is 10.3. The van der Waals surface area contributed by atoms with Crippen LogP contribution in [0.25, 0.3) is 0 Å². The Morgan fingerprint density at radius 3 is 2.48 bits per heavy atom. The first kappa shape index (κ1) is 21.7. The summed E-state index contributed by atoms with van der Waals surface area (Å²) in [5.41, 5.74) is 1.91. The summed E-state index contributed by atoms with van der Waals surface area (Å²) in [4.78, 5) is 28.5. The molecule has 1 aliphatic carbocycles. The number of benzene rings is 1. The number of carbonyl (C=O) groups excluding carboxylic acids is 1. The zero-order valence-electron chi connectivity index (χ0n) is 18.9. The van der Waals surface area contributed by atoms with Crippen LogP contribution < -0.4 is 15.1 Å². The van der Waals surface area contributed by atoms with Gasteiger partial charge in [-0.1, -0.05) is 0 Å². The summed E-state index contributed by atoms with van der Waals surface area (Å²) in [6.07, 6.45) is 3.08. The van der Waals surface area contributed by atoms with E-state index in [4.69, 9.17) is 9.97 Å². The SMILES string of the molecule is Cc1cc(Nc2cc(N3CCN(C)CC3)nc(Sc3ccc(N(C=O)C4CC4)cc3)n2)n[nH]1. The molecule has 0 unspecified atom stereocenters. The van der Waals surface area contributed by atoms with Gasteiger partial charge in [0, 0.05) is 60.6 Å². The average Bonchev–Trinajstić information content (AvgIpc) is 3.57. The third kappa shape index (κ3) is 5.28. The Balaban J connectivity index is 1.38. The van der Waals surface area contributed by atoms with Crippen LogP contribution in [0.4, 0.5) is 23.1 Å². The van der Waals surface area contributed by atoms with Crippen LogP contribution in [-0.2, 0) is 4.79 Å². The van der Waals surface area contributed by atoms with Gasteiger partial charge in [0.05, 0.1) is 0 Å². The highest BCUT2D eigenvalue weighted by atomic mass is 32.2. The van der Waals surface area contributed by atoms with Gasteiger partial charge in [-0.25, -0.2) is 9.97 Å². The van der Waals surface area contributed by atoms with E-state index in [2.05, 4.69) is 32.4 Å². The highest BCUT2D eigenvalue weighted by Crippen LogP contribution is 2.33. The zero-order chi connectivity index (χ0) is 22.8. The molecule has 0 spiro atoms. The Morgan fingerprint density at radius 1 is 1.09 bits per heavy atom. The van der Waals surface area contributed by atoms with Crippen LogP contribution >= 0.6 is 11.8 Å². The molecule has 2 aromatic heterocycles. The lowest BCUT2D eigenvalue weighted by molar-refractivity contribution is -0.107. The highest BCUT2D eigenvalue weighted by Gasteiger charge is 2.29. The van der Waals surface area contributed by atoms with Crippen LogP contribution in [0.15, 0.2) is 46.5 Å². The quantitative estimate of drug-likeness (QED) is 0.388. The minimum Gasteiger partial charge on any atom is -0.354 e. The molecule has 1 aliphatic heterocycles. The molecule has 2 N–H and O–H groups in total. The van der Waals surface area contributed by atoms with Crippen LogP contribution in [0.2, 0.25) is 0 Å². The van der Waals surface area contributed by atoms with Gasteiger partial charge in [0.1, 0.15) is 11.6 Å². The second-order valence-electron chi connectivity index (χ2n) is 8.59. The number of nitrogens with one attached hydrogen (secondary N) is 2. The third-order valence-corrected chi connectivity index (χ3v) is 6.75. The van der Waals surface area contributed by atoms with E-state index in [1.54, 1.807) is 0 Å². The zero-order valence-corrected chi connectivity index (χ0v) is 19.7. The average molecular weight is 465 g/mol. The van der Waals surface area contributed by atoms with Crippen molar-refractivity contribution in [1.29, 1.82) is 0 Å². The number of amides is 1. The molecule has 2 aliphatic rings. The molecule has 33 heavy (non-hydrogen) atoms. The minimum atomic E-state index is 0.351. The summed E-state index contributed by atoms with van der Waals surface area (Å²) in [7, 11) is 2.14. The number of H-pyrrole nitrogens is 1. The van der Waals surface area contributed by atoms with Gasteiger partial charge in [-0.3, -0.25) is 9.89 Å². The summed E-state index contributed by atoms with van der Waals surface area (Å²) in [5, 5.41) is 11.2. The van der Waals surface area contributed by atoms with E-state index >= 15 is 0 Å². The van der Waals surface area contributed by atoms with Gasteiger partial charge in [-0.2, -0.15) is 5.10 Å². The molecular weight excluding hydrogens is 436 g/mol. The van der Waals surface area contributed by atoms with Crippen molar-refractivity contribution in [1.82, 2.24) is 25.1 Å². The van der Waals surface area contributed by atoms with E-state index < -0.39 is 0 Å². The number of carbonyl (C=O) groups is 1. The number of aromatic amines is 1. The molecule has 1 amide bonds. The number of hydrogen-bond donors (Lipinski definition) is 2. The van der Waals surface area contributed by atoms with Gasteiger partial charge < -0.3 is 20.0 Å². The standard InChI is InChI=1S/C23H28N8OS/c1-16-13-21(28-27-16)24-20-14-22(30-11-9-29(2)10-12-30)26-23(25-20)33-19-7-5-18(6-8-19)31(15-32)17-3-4-17/h5-8,13-15,17H,3-4,9-12H2,1-2H3,(H2,24,25,26,27,28). The molecule has 2 fully saturated rings. The summed E-state index contributed by atoms with van der Waals surface area (Å²) >= 11 is 1.51. The maximum atomic E-state index is 11.4. The van der Waals surface area contributed by atoms with E-state index in [0.29, 0.717) is 17.0 Å². The number of aromatic nitrogens is 4. The van der Waals surface area contributed by atoms with Gasteiger partial charge in [-0.15, -0.1) is 0 Å². The molecule has 172 valence electrons. The molecule has 0 bridgehead atoms. The van der Waals surface area contributed by atoms with Crippen molar-refractivity contribution in [3.05, 3.63) is 42.1 Å². The first-order valence-corrected chi connectivity index (χ1v) is 12.0. The van der Waals surface area contributed by atoms with Crippen LogP contribution in [0.5, 0.6) is 0 Å². The maximum absolute atomic E-state index is 11.4. The minimum absolute atomic E-state index is 0.351. The molecule has 1 aromatic carbocycles. The number of aryl methyl sites for hydroxylation is 1. The Hall–Kier alpha value is -3.11. The Labute approximate surface area is 197 Å². The molecule has 1 saturated heterocycles. The lowest BCUT2D eigenvalue weighted by Crippen LogP contribution is -2.44. The van der Waals surface area contributed by atoms with Gasteiger partial charge in [-0.05, 0) is 62.8 Å². The summed E-state index contributed by atoms with van der Waals surface area (Å²) in [6, 6.07) is 12.3. The fraction of sp³-hybridized carbons (Fsp3) is 0.391. The van der Waals surface area contributed by atoms with Gasteiger partial charge in [0.15, 0.2) is 11.0 Å². The number of nitrogens with zero attached hydrogens (tertiary/aromatic N) is 6. The van der Waals surface area contributed by atoms with Gasteiger partial charge >= 0.3 is 0 Å². The topological polar surface area (TPSA) is 93.3 Å². The Morgan fingerprint density at radius 2 is 1.85 bits per heavy atom. The van der Waals surface area contributed by atoms with Crippen molar-refractivity contribution >= 4 is 41.3 Å². The molecule has 9 nitrogen and oxygen atoms in total. The fourth-order valence-electron chi connectivity index (χ4n) is 3.84. The Bertz CT molecular complexity index is 1110. The molecule has 3 heterocycles. The first-order chi connectivity index (χ1) is 16.1. The van der Waals surface area contributed by atoms with E-state index in [1.165, 1.54) is 11.8 Å². The molecule has 0 radical (unpaired) electrons. The molecule has 10 heteroatoms. The van der Waals surface area contributed by atoms with Crippen LogP contribution in [-0.4, -0.2) is 70.7 Å². The van der Waals surface area contributed by atoms with Gasteiger partial charge in [0.2, 0.25) is 6.41 Å². The largest absolute Gasteiger partial charge is 0.354 e. The summed E-state index contributed by atoms with van der Waals surface area (Å²) in [5.74, 6) is 2.35. The van der Waals surface area contributed by atoms with Crippen LogP contribution in [0, 0.1) is 6.92 Å². The van der Waals surface area contributed by atoms with E-state index in [-0.39, 0.29) is 0 Å². The number of piperazine rings is 1. The number of hydrogen-bond acceptors (Lipinski definition) is 8. The predicted molar refractivity (Wildman–Crippen MR) is 130 cm³/mol. The maximum Gasteiger partial charge on any atom is 0.214 e. The number of anilines is 4. The van der Waals surface area contributed by atoms with Crippen molar-refractivity contribution in [2.45, 2.75) is 35.9 Å². The highest BCUT2D eigenvalue weighted by molar-refractivity contribution is 7.99. The molecule has 0 atom stereocenters.